The van der Waals surface area contributed by atoms with Crippen molar-refractivity contribution in [2.75, 3.05) is 18.4 Å². The molecule has 2 heterocycles. The summed E-state index contributed by atoms with van der Waals surface area (Å²) in [6, 6.07) is -0.523. The van der Waals surface area contributed by atoms with Gasteiger partial charge in [0.2, 0.25) is 5.91 Å². The highest BCUT2D eigenvalue weighted by Crippen LogP contribution is 2.21. The normalized spacial score (nSPS) is 18.3. The van der Waals surface area contributed by atoms with Gasteiger partial charge in [0, 0.05) is 18.5 Å². The minimum absolute atomic E-state index is 0.175. The van der Waals surface area contributed by atoms with E-state index in [1.807, 2.05) is 0 Å². The smallest absolute Gasteiger partial charge is 0.314 e. The summed E-state index contributed by atoms with van der Waals surface area (Å²) in [5.74, 6) is -1.52. The predicted molar refractivity (Wildman–Crippen MR) is 76.0 cm³/mol. The third-order valence-electron chi connectivity index (χ3n) is 3.22. The maximum absolute atomic E-state index is 12.1. The van der Waals surface area contributed by atoms with Gasteiger partial charge in [-0.15, -0.1) is 11.3 Å². The van der Waals surface area contributed by atoms with Gasteiger partial charge in [-0.05, 0) is 12.8 Å². The van der Waals surface area contributed by atoms with Crippen molar-refractivity contribution in [1.29, 1.82) is 0 Å². The summed E-state index contributed by atoms with van der Waals surface area (Å²) in [6.07, 6.45) is 1.23. The number of carboxylic acid groups (broad SMARTS) is 1. The number of amides is 3. The number of hydrogen-bond donors (Lipinski definition) is 3. The second-order valence-electron chi connectivity index (χ2n) is 4.83. The van der Waals surface area contributed by atoms with Gasteiger partial charge in [0.05, 0.1) is 18.0 Å². The number of piperidine rings is 1. The molecule has 1 aromatic rings. The van der Waals surface area contributed by atoms with Crippen LogP contribution in [-0.4, -0.2) is 46.0 Å². The Morgan fingerprint density at radius 1 is 1.52 bits per heavy atom. The van der Waals surface area contributed by atoms with Crippen LogP contribution in [0.5, 0.6) is 0 Å². The van der Waals surface area contributed by atoms with E-state index < -0.39 is 12.0 Å². The van der Waals surface area contributed by atoms with Crippen molar-refractivity contribution in [1.82, 2.24) is 9.88 Å². The highest BCUT2D eigenvalue weighted by Gasteiger charge is 2.27. The van der Waals surface area contributed by atoms with Gasteiger partial charge in [0.25, 0.3) is 0 Å². The number of carboxylic acids is 1. The fourth-order valence-electron chi connectivity index (χ4n) is 2.20. The number of thiazole rings is 1. The molecule has 1 unspecified atom stereocenters. The van der Waals surface area contributed by atoms with Crippen LogP contribution in [0.1, 0.15) is 18.5 Å². The third-order valence-corrected chi connectivity index (χ3v) is 4.02. The number of aliphatic carboxylic acids is 1. The number of nitrogens with two attached hydrogens (primary N) is 1. The van der Waals surface area contributed by atoms with Crippen LogP contribution >= 0.6 is 11.3 Å². The van der Waals surface area contributed by atoms with Crippen LogP contribution in [0.4, 0.5) is 9.93 Å². The number of aromatic nitrogens is 1. The molecule has 1 saturated heterocycles. The largest absolute Gasteiger partial charge is 0.481 e. The van der Waals surface area contributed by atoms with E-state index in [1.54, 1.807) is 5.38 Å². The van der Waals surface area contributed by atoms with Gasteiger partial charge in [0.15, 0.2) is 5.13 Å². The van der Waals surface area contributed by atoms with E-state index in [4.69, 9.17) is 10.8 Å². The number of likely N-dealkylation sites (tertiary alicyclic amines) is 1. The van der Waals surface area contributed by atoms with Crippen LogP contribution in [0, 0.1) is 5.92 Å². The van der Waals surface area contributed by atoms with Crippen LogP contribution in [0.25, 0.3) is 0 Å². The highest BCUT2D eigenvalue weighted by molar-refractivity contribution is 7.13. The van der Waals surface area contributed by atoms with Crippen LogP contribution in [0.15, 0.2) is 5.38 Å². The summed E-state index contributed by atoms with van der Waals surface area (Å²) < 4.78 is 0. The van der Waals surface area contributed by atoms with Gasteiger partial charge < -0.3 is 21.1 Å². The molecule has 1 aromatic heterocycles. The van der Waals surface area contributed by atoms with E-state index in [0.29, 0.717) is 30.3 Å². The molecule has 0 saturated carbocycles. The average Bonchev–Trinajstić information content (AvgIpc) is 2.85. The van der Waals surface area contributed by atoms with E-state index in [0.717, 1.165) is 6.42 Å². The number of primary amides is 1. The second-order valence-corrected chi connectivity index (χ2v) is 5.69. The van der Waals surface area contributed by atoms with Crippen molar-refractivity contribution in [2.45, 2.75) is 19.3 Å². The van der Waals surface area contributed by atoms with Gasteiger partial charge in [-0.3, -0.25) is 9.59 Å². The number of nitrogens with one attached hydrogen (secondary N) is 1. The molecule has 0 spiro atoms. The standard InChI is InChI=1S/C12H16N4O4S/c13-11(20)16-3-1-2-7(5-16)10(19)15-12-14-8(6-21-12)4-9(17)18/h6-7H,1-5H2,(H2,13,20)(H,17,18)(H,14,15,19). The Balaban J connectivity index is 1.93. The van der Waals surface area contributed by atoms with Crippen molar-refractivity contribution in [3.05, 3.63) is 11.1 Å². The lowest BCUT2D eigenvalue weighted by atomic mass is 9.97. The minimum Gasteiger partial charge on any atom is -0.481 e. The minimum atomic E-state index is -0.970. The average molecular weight is 312 g/mol. The molecule has 0 radical (unpaired) electrons. The lowest BCUT2D eigenvalue weighted by Gasteiger charge is -2.30. The fraction of sp³-hybridized carbons (Fsp3) is 0.500. The molecular formula is C12H16N4O4S. The Bertz CT molecular complexity index is 559. The molecule has 114 valence electrons. The fourth-order valence-corrected chi connectivity index (χ4v) is 2.91. The second kappa shape index (κ2) is 6.53. The van der Waals surface area contributed by atoms with Crippen molar-refractivity contribution >= 4 is 34.4 Å². The SMILES string of the molecule is NC(=O)N1CCCC(C(=O)Nc2nc(CC(=O)O)cs2)C1. The van der Waals surface area contributed by atoms with E-state index in [1.165, 1.54) is 16.2 Å². The first kappa shape index (κ1) is 15.2. The maximum Gasteiger partial charge on any atom is 0.314 e. The molecule has 1 atom stereocenters. The number of anilines is 1. The lowest BCUT2D eigenvalue weighted by molar-refractivity contribution is -0.136. The topological polar surface area (TPSA) is 126 Å². The predicted octanol–water partition coefficient (Wildman–Crippen LogP) is 0.499. The number of hydrogen-bond acceptors (Lipinski definition) is 5. The molecule has 1 fully saturated rings. The monoisotopic (exact) mass is 312 g/mol. The number of urea groups is 1. The number of carbonyl (C=O) groups excluding carboxylic acids is 2. The van der Waals surface area contributed by atoms with Gasteiger partial charge in [0.1, 0.15) is 0 Å². The zero-order chi connectivity index (χ0) is 15.4. The number of nitrogens with zero attached hydrogens (tertiary/aromatic N) is 2. The number of rotatable bonds is 4. The molecule has 2 rings (SSSR count). The first-order valence-corrected chi connectivity index (χ1v) is 7.35. The summed E-state index contributed by atoms with van der Waals surface area (Å²) in [6.45, 7) is 0.869. The Hall–Kier alpha value is -2.16. The Kier molecular flexibility index (Phi) is 4.73. The molecule has 9 heteroatoms. The van der Waals surface area contributed by atoms with Gasteiger partial charge in [-0.2, -0.15) is 0 Å². The first-order chi connectivity index (χ1) is 9.95. The van der Waals surface area contributed by atoms with E-state index >= 15 is 0 Å². The van der Waals surface area contributed by atoms with Crippen LogP contribution in [0.2, 0.25) is 0 Å². The Morgan fingerprint density at radius 2 is 2.29 bits per heavy atom. The Morgan fingerprint density at radius 3 is 2.95 bits per heavy atom. The zero-order valence-electron chi connectivity index (χ0n) is 11.2. The summed E-state index contributed by atoms with van der Waals surface area (Å²) in [7, 11) is 0. The van der Waals surface area contributed by atoms with Gasteiger partial charge in [-0.1, -0.05) is 0 Å². The Labute approximate surface area is 124 Å². The molecule has 8 nitrogen and oxygen atoms in total. The quantitative estimate of drug-likeness (QED) is 0.746. The van der Waals surface area contributed by atoms with E-state index in [-0.39, 0.29) is 18.2 Å². The summed E-state index contributed by atoms with van der Waals surface area (Å²) in [4.78, 5) is 39.3. The third kappa shape index (κ3) is 4.15. The molecule has 4 N–H and O–H groups in total. The highest BCUT2D eigenvalue weighted by atomic mass is 32.1. The van der Waals surface area contributed by atoms with Crippen molar-refractivity contribution in [2.24, 2.45) is 11.7 Å². The van der Waals surface area contributed by atoms with E-state index in [2.05, 4.69) is 10.3 Å². The molecule has 0 aliphatic carbocycles. The molecule has 1 aliphatic rings. The zero-order valence-corrected chi connectivity index (χ0v) is 12.1. The molecule has 3 amide bonds. The molecule has 0 aromatic carbocycles. The molecule has 0 bridgehead atoms. The summed E-state index contributed by atoms with van der Waals surface area (Å²) >= 11 is 1.18. The molecule has 21 heavy (non-hydrogen) atoms. The van der Waals surface area contributed by atoms with Gasteiger partial charge in [-0.25, -0.2) is 9.78 Å². The van der Waals surface area contributed by atoms with Crippen LogP contribution in [-0.2, 0) is 16.0 Å². The molecular weight excluding hydrogens is 296 g/mol. The maximum atomic E-state index is 12.1. The summed E-state index contributed by atoms with van der Waals surface area (Å²) in [5, 5.41) is 13.3. The van der Waals surface area contributed by atoms with Crippen molar-refractivity contribution < 1.29 is 19.5 Å². The van der Waals surface area contributed by atoms with Gasteiger partial charge >= 0.3 is 12.0 Å². The molecule has 1 aliphatic heterocycles. The van der Waals surface area contributed by atoms with E-state index in [9.17, 15) is 14.4 Å². The number of carbonyl (C=O) groups is 3. The van der Waals surface area contributed by atoms with Crippen LogP contribution in [0.3, 0.4) is 0 Å². The van der Waals surface area contributed by atoms with Crippen LogP contribution < -0.4 is 11.1 Å². The lowest BCUT2D eigenvalue weighted by Crippen LogP contribution is -2.46. The van der Waals surface area contributed by atoms with Crippen molar-refractivity contribution in [3.8, 4) is 0 Å². The summed E-state index contributed by atoms with van der Waals surface area (Å²) in [5.41, 5.74) is 5.63. The van der Waals surface area contributed by atoms with Crippen molar-refractivity contribution in [3.63, 3.8) is 0 Å². The first-order valence-electron chi connectivity index (χ1n) is 6.47.